The summed E-state index contributed by atoms with van der Waals surface area (Å²) in [4.78, 5) is 85.3. The summed E-state index contributed by atoms with van der Waals surface area (Å²) in [5, 5.41) is 10.3. The number of amides is 5. The third-order valence-electron chi connectivity index (χ3n) is 11.7. The van der Waals surface area contributed by atoms with Gasteiger partial charge in [0.05, 0.1) is 17.8 Å². The first-order valence-corrected chi connectivity index (χ1v) is 20.4. The second-order valence-corrected chi connectivity index (χ2v) is 16.8. The van der Waals surface area contributed by atoms with E-state index in [0.717, 1.165) is 31.2 Å². The number of nitrogens with one attached hydrogen (secondary N) is 4. The summed E-state index contributed by atoms with van der Waals surface area (Å²) in [5.41, 5.74) is 4.97. The van der Waals surface area contributed by atoms with Gasteiger partial charge in [-0.3, -0.25) is 34.8 Å². The molecule has 0 spiro atoms. The van der Waals surface area contributed by atoms with Crippen LogP contribution in [-0.2, 0) is 19.1 Å². The Bertz CT molecular complexity index is 2310. The molecule has 2 saturated carbocycles. The number of rotatable bonds is 11. The van der Waals surface area contributed by atoms with Crippen LogP contribution in [0.5, 0.6) is 0 Å². The van der Waals surface area contributed by atoms with Gasteiger partial charge in [0.2, 0.25) is 11.8 Å². The fraction of sp³-hybridized carbons (Fsp3) is 0.370. The van der Waals surface area contributed by atoms with Gasteiger partial charge >= 0.3 is 6.09 Å². The van der Waals surface area contributed by atoms with E-state index in [2.05, 4.69) is 33.2 Å². The van der Waals surface area contributed by atoms with Crippen LogP contribution in [0, 0.1) is 11.3 Å². The smallest absolute Gasteiger partial charge is 0.408 e. The minimum absolute atomic E-state index is 0.0338. The van der Waals surface area contributed by atoms with E-state index in [9.17, 15) is 28.8 Å². The van der Waals surface area contributed by atoms with Gasteiger partial charge in [0.1, 0.15) is 23.7 Å². The van der Waals surface area contributed by atoms with Gasteiger partial charge < -0.3 is 20.3 Å². The van der Waals surface area contributed by atoms with Gasteiger partial charge in [-0.2, -0.15) is 5.10 Å². The largest absolute Gasteiger partial charge is 0.446 e. The van der Waals surface area contributed by atoms with Crippen molar-refractivity contribution < 1.29 is 28.7 Å². The summed E-state index contributed by atoms with van der Waals surface area (Å²) in [6.07, 6.45) is 5.74. The van der Waals surface area contributed by atoms with Crippen LogP contribution in [0.2, 0.25) is 0 Å². The van der Waals surface area contributed by atoms with Crippen molar-refractivity contribution in [2.45, 2.75) is 89.1 Å². The van der Waals surface area contributed by atoms with Gasteiger partial charge in [-0.05, 0) is 60.8 Å². The Morgan fingerprint density at radius 2 is 1.50 bits per heavy atom. The van der Waals surface area contributed by atoms with Crippen molar-refractivity contribution in [1.29, 1.82) is 0 Å². The van der Waals surface area contributed by atoms with E-state index in [1.165, 1.54) is 9.58 Å². The molecule has 1 aliphatic heterocycles. The quantitative estimate of drug-likeness (QED) is 0.116. The molecule has 2 heterocycles. The molecular weight excluding hydrogens is 763 g/mol. The summed E-state index contributed by atoms with van der Waals surface area (Å²) >= 11 is 0. The molecule has 2 aliphatic carbocycles. The molecule has 0 unspecified atom stereocenters. The lowest BCUT2D eigenvalue weighted by atomic mass is 9.85. The first-order valence-electron chi connectivity index (χ1n) is 20.4. The third-order valence-corrected chi connectivity index (χ3v) is 11.7. The van der Waals surface area contributed by atoms with Crippen molar-refractivity contribution in [3.05, 3.63) is 126 Å². The van der Waals surface area contributed by atoms with E-state index in [4.69, 9.17) is 4.74 Å². The zero-order valence-corrected chi connectivity index (χ0v) is 34.1. The minimum Gasteiger partial charge on any atom is -0.446 e. The molecule has 312 valence electrons. The molecule has 1 saturated heterocycles. The Morgan fingerprint density at radius 3 is 2.10 bits per heavy atom. The first-order chi connectivity index (χ1) is 28.8. The summed E-state index contributed by atoms with van der Waals surface area (Å²) < 4.78 is 7.01. The number of aromatic nitrogens is 2. The molecule has 5 atom stereocenters. The molecule has 14 heteroatoms. The first kappa shape index (κ1) is 41.6. The predicted molar refractivity (Wildman–Crippen MR) is 225 cm³/mol. The lowest BCUT2D eigenvalue weighted by molar-refractivity contribution is -0.143. The summed E-state index contributed by atoms with van der Waals surface area (Å²) in [7, 11) is 0. The lowest BCUT2D eigenvalue weighted by Crippen LogP contribution is -2.60. The summed E-state index contributed by atoms with van der Waals surface area (Å²) in [6.45, 7) is 9.15. The zero-order valence-electron chi connectivity index (χ0n) is 34.1. The van der Waals surface area contributed by atoms with Crippen molar-refractivity contribution in [1.82, 2.24) is 36.2 Å². The van der Waals surface area contributed by atoms with E-state index >= 15 is 0 Å². The van der Waals surface area contributed by atoms with Gasteiger partial charge in [0.15, 0.2) is 0 Å². The van der Waals surface area contributed by atoms with E-state index in [-0.39, 0.29) is 25.5 Å². The Kier molecular flexibility index (Phi) is 12.0. The Balaban J connectivity index is 1.21. The molecule has 1 aromatic heterocycles. The van der Waals surface area contributed by atoms with Gasteiger partial charge in [-0.15, -0.1) is 6.58 Å². The lowest BCUT2D eigenvalue weighted by Gasteiger charge is -2.35. The number of hydrazine groups is 1. The normalized spacial score (nSPS) is 21.6. The molecular formula is C46H51N7O7. The number of nitrogens with zero attached hydrogens (tertiary/aromatic N) is 3. The van der Waals surface area contributed by atoms with Gasteiger partial charge in [0, 0.05) is 30.0 Å². The number of likely N-dealkylation sites (tertiary alicyclic amines) is 1. The maximum atomic E-state index is 14.8. The molecule has 5 amide bonds. The molecule has 0 bridgehead atoms. The number of hydrogen-bond donors (Lipinski definition) is 4. The fourth-order valence-electron chi connectivity index (χ4n) is 8.28. The van der Waals surface area contributed by atoms with E-state index in [0.29, 0.717) is 22.3 Å². The highest BCUT2D eigenvalue weighted by atomic mass is 16.6. The molecule has 3 fully saturated rings. The number of hydrogen-bond acceptors (Lipinski definition) is 8. The number of ether oxygens (including phenoxy) is 1. The van der Waals surface area contributed by atoms with Crippen LogP contribution in [0.3, 0.4) is 0 Å². The van der Waals surface area contributed by atoms with Crippen molar-refractivity contribution in [2.24, 2.45) is 11.3 Å². The van der Waals surface area contributed by atoms with Crippen molar-refractivity contribution >= 4 is 29.7 Å². The molecule has 0 radical (unpaired) electrons. The van der Waals surface area contributed by atoms with Gasteiger partial charge in [0.25, 0.3) is 17.4 Å². The summed E-state index contributed by atoms with van der Waals surface area (Å²) in [6, 6.07) is 23.9. The van der Waals surface area contributed by atoms with Crippen LogP contribution >= 0.6 is 0 Å². The molecule has 3 aromatic carbocycles. The average molecular weight is 814 g/mol. The van der Waals surface area contributed by atoms with Crippen LogP contribution in [0.25, 0.3) is 22.3 Å². The zero-order chi connectivity index (χ0) is 42.6. The molecule has 4 aromatic rings. The molecule has 3 aliphatic rings. The predicted octanol–water partition coefficient (Wildman–Crippen LogP) is 5.32. The second-order valence-electron chi connectivity index (χ2n) is 16.8. The van der Waals surface area contributed by atoms with Crippen LogP contribution in [0.4, 0.5) is 4.79 Å². The second kappa shape index (κ2) is 17.3. The van der Waals surface area contributed by atoms with Crippen molar-refractivity contribution in [2.75, 3.05) is 6.54 Å². The fourth-order valence-corrected chi connectivity index (χ4v) is 8.28. The minimum atomic E-state index is -1.48. The monoisotopic (exact) mass is 813 g/mol. The Morgan fingerprint density at radius 1 is 0.883 bits per heavy atom. The van der Waals surface area contributed by atoms with Crippen LogP contribution in [0.15, 0.2) is 115 Å². The maximum absolute atomic E-state index is 14.8. The summed E-state index contributed by atoms with van der Waals surface area (Å²) in [5.74, 6) is -2.90. The Labute approximate surface area is 348 Å². The topological polar surface area (TPSA) is 181 Å². The number of benzene rings is 3. The highest BCUT2D eigenvalue weighted by molar-refractivity contribution is 6.00. The molecule has 14 nitrogen and oxygen atoms in total. The van der Waals surface area contributed by atoms with E-state index in [1.807, 2.05) is 60.7 Å². The van der Waals surface area contributed by atoms with Gasteiger partial charge in [-0.25, -0.2) is 9.48 Å². The molecule has 60 heavy (non-hydrogen) atoms. The van der Waals surface area contributed by atoms with Crippen LogP contribution in [0.1, 0.15) is 75.7 Å². The van der Waals surface area contributed by atoms with Crippen LogP contribution in [-0.4, -0.2) is 74.7 Å². The van der Waals surface area contributed by atoms with Crippen molar-refractivity contribution in [3.63, 3.8) is 0 Å². The van der Waals surface area contributed by atoms with E-state index < -0.39 is 70.3 Å². The van der Waals surface area contributed by atoms with E-state index in [1.54, 1.807) is 63.4 Å². The highest BCUT2D eigenvalue weighted by Gasteiger charge is 2.61. The Hall–Kier alpha value is -6.57. The highest BCUT2D eigenvalue weighted by Crippen LogP contribution is 2.45. The number of carbonyl (C=O) groups is 5. The SMILES string of the molecule is C=C[C@@H]1C[C@@]1(NC(=O)[C@@H]1C[C@@H](n2ncc(-c3ccccc3)c(-c3ccccc3)c2=O)CN1C(=O)[C@@H](NC(=O)OC1CCCC1)C(C)(C)C)C(=O)NNC(=O)c1ccccc1. The number of alkyl carbamates (subject to hydrolysis) is 1. The molecule has 7 rings (SSSR count). The van der Waals surface area contributed by atoms with Crippen molar-refractivity contribution in [3.8, 4) is 22.3 Å². The maximum Gasteiger partial charge on any atom is 0.408 e. The van der Waals surface area contributed by atoms with Gasteiger partial charge in [-0.1, -0.05) is 106 Å². The van der Waals surface area contributed by atoms with Crippen LogP contribution < -0.4 is 27.0 Å². The average Bonchev–Trinajstić information content (AvgIpc) is 3.51. The number of carbonyl (C=O) groups excluding carboxylic acids is 5. The third kappa shape index (κ3) is 8.73. The standard InChI is InChI=1S/C46H51N7O7/c1-5-32-26-46(32,43(58)51-50-39(54)31-21-13-8-14-22-31)49-40(55)36-25-33(28-52(36)42(57)38(45(2,3)4)48-44(59)60-34-23-15-16-24-34)53-41(56)37(30-19-11-7-12-20-30)35(27-47-53)29-17-9-6-10-18-29/h5-14,17-22,27,32-34,36,38H,1,15-16,23-26,28H2,2-4H3,(H,48,59)(H,49,55)(H,50,54)(H,51,58)/t32-,33-,36+,38-,46+/m1/s1. The molecule has 4 N–H and O–H groups in total.